The number of nitrogens with zero attached hydrogens (tertiary/aromatic N) is 5. The van der Waals surface area contributed by atoms with E-state index in [0.29, 0.717) is 10.6 Å². The van der Waals surface area contributed by atoms with Gasteiger partial charge in [-0.15, -0.1) is 0 Å². The Hall–Kier alpha value is -3.50. The maximum absolute atomic E-state index is 12.8. The van der Waals surface area contributed by atoms with Crippen molar-refractivity contribution in [2.45, 2.75) is 12.7 Å². The molecule has 0 bridgehead atoms. The number of pyridine rings is 2. The van der Waals surface area contributed by atoms with Crippen LogP contribution < -0.4 is 10.9 Å². The minimum atomic E-state index is -4.79. The van der Waals surface area contributed by atoms with E-state index in [1.165, 1.54) is 29.6 Å². The van der Waals surface area contributed by atoms with Crippen molar-refractivity contribution in [2.24, 2.45) is 0 Å². The number of rotatable bonds is 4. The van der Waals surface area contributed by atoms with Crippen molar-refractivity contribution in [2.75, 3.05) is 5.32 Å². The van der Waals surface area contributed by atoms with Gasteiger partial charge in [-0.2, -0.15) is 18.3 Å². The molecular formula is C15H11F3N6O2. The minimum absolute atomic E-state index is 0.267. The molecule has 0 saturated carbocycles. The van der Waals surface area contributed by atoms with Crippen molar-refractivity contribution in [1.29, 1.82) is 0 Å². The van der Waals surface area contributed by atoms with Crippen LogP contribution in [0.5, 0.6) is 0 Å². The molecular weight excluding hydrogens is 353 g/mol. The monoisotopic (exact) mass is 364 g/mol. The summed E-state index contributed by atoms with van der Waals surface area (Å²) in [7, 11) is 0. The summed E-state index contributed by atoms with van der Waals surface area (Å²) in [4.78, 5) is 31.9. The Morgan fingerprint density at radius 3 is 2.73 bits per heavy atom. The number of alkyl halides is 3. The van der Waals surface area contributed by atoms with E-state index in [0.717, 1.165) is 12.3 Å². The number of carbonyl (C=O) groups is 1. The molecule has 3 heterocycles. The first-order chi connectivity index (χ1) is 12.4. The molecule has 134 valence electrons. The number of aromatic nitrogens is 5. The van der Waals surface area contributed by atoms with Crippen LogP contribution in [-0.4, -0.2) is 30.2 Å². The van der Waals surface area contributed by atoms with Crippen LogP contribution in [0.4, 0.5) is 18.9 Å². The first-order valence-electron chi connectivity index (χ1n) is 7.23. The molecule has 3 rings (SSSR count). The summed E-state index contributed by atoms with van der Waals surface area (Å²) in [6.07, 6.45) is 0.445. The Labute approximate surface area is 143 Å². The van der Waals surface area contributed by atoms with Gasteiger partial charge >= 0.3 is 6.18 Å². The number of nitrogens with one attached hydrogen (secondary N) is 1. The Morgan fingerprint density at radius 1 is 1.23 bits per heavy atom. The minimum Gasteiger partial charge on any atom is -0.321 e. The van der Waals surface area contributed by atoms with Crippen LogP contribution in [0.15, 0.2) is 54.1 Å². The molecule has 0 saturated heterocycles. The van der Waals surface area contributed by atoms with Gasteiger partial charge in [-0.05, 0) is 24.3 Å². The fraction of sp³-hybridized carbons (Fsp3) is 0.133. The molecule has 1 N–H and O–H groups in total. The van der Waals surface area contributed by atoms with Gasteiger partial charge in [0.15, 0.2) is 5.82 Å². The Morgan fingerprint density at radius 2 is 2.04 bits per heavy atom. The van der Waals surface area contributed by atoms with Crippen molar-refractivity contribution in [3.63, 3.8) is 0 Å². The van der Waals surface area contributed by atoms with Gasteiger partial charge in [-0.3, -0.25) is 9.59 Å². The molecule has 0 radical (unpaired) electrons. The van der Waals surface area contributed by atoms with Crippen molar-refractivity contribution in [1.82, 2.24) is 24.3 Å². The second kappa shape index (κ2) is 6.78. The second-order valence-corrected chi connectivity index (χ2v) is 5.12. The summed E-state index contributed by atoms with van der Waals surface area (Å²) in [5.41, 5.74) is -2.36. The topological polar surface area (TPSA) is 94.7 Å². The van der Waals surface area contributed by atoms with Crippen LogP contribution in [0.25, 0.3) is 5.82 Å². The molecule has 0 aromatic carbocycles. The summed E-state index contributed by atoms with van der Waals surface area (Å²) < 4.78 is 40.4. The van der Waals surface area contributed by atoms with Crippen molar-refractivity contribution < 1.29 is 18.0 Å². The maximum atomic E-state index is 12.8. The van der Waals surface area contributed by atoms with Gasteiger partial charge in [-0.1, -0.05) is 0 Å². The lowest BCUT2D eigenvalue weighted by atomic mass is 10.2. The van der Waals surface area contributed by atoms with Crippen LogP contribution in [0.3, 0.4) is 0 Å². The number of hydrogen-bond acceptors (Lipinski definition) is 5. The number of carbonyl (C=O) groups excluding carboxylic acids is 1. The molecule has 0 atom stereocenters. The molecule has 8 nitrogen and oxygen atoms in total. The summed E-state index contributed by atoms with van der Waals surface area (Å²) in [5.74, 6) is -0.421. The summed E-state index contributed by atoms with van der Waals surface area (Å²) in [6.45, 7) is -0.589. The third-order valence-corrected chi connectivity index (χ3v) is 3.34. The first-order valence-corrected chi connectivity index (χ1v) is 7.23. The predicted octanol–water partition coefficient (Wildman–Crippen LogP) is 1.48. The summed E-state index contributed by atoms with van der Waals surface area (Å²) in [5, 5.41) is 6.40. The van der Waals surface area contributed by atoms with E-state index in [-0.39, 0.29) is 11.5 Å². The van der Waals surface area contributed by atoms with Gasteiger partial charge in [0.2, 0.25) is 5.91 Å². The second-order valence-electron chi connectivity index (χ2n) is 5.12. The molecule has 0 unspecified atom stereocenters. The van der Waals surface area contributed by atoms with Gasteiger partial charge in [0.25, 0.3) is 5.56 Å². The van der Waals surface area contributed by atoms with Crippen molar-refractivity contribution in [3.05, 3.63) is 65.2 Å². The highest BCUT2D eigenvalue weighted by atomic mass is 19.4. The molecule has 0 aliphatic carbocycles. The molecule has 0 spiro atoms. The lowest BCUT2D eigenvalue weighted by molar-refractivity contribution is -0.139. The van der Waals surface area contributed by atoms with Crippen LogP contribution in [0, 0.1) is 0 Å². The van der Waals surface area contributed by atoms with Crippen LogP contribution in [0.1, 0.15) is 5.56 Å². The standard InChI is InChI=1S/C15H11F3N6O2/c16-15(17,18)10-3-2-6-23(14(10)26)7-12(25)22-11-4-1-5-20-13(11)24-9-19-8-21-24/h1-6,8-9H,7H2,(H,22,25). The van der Waals surface area contributed by atoms with Crippen LogP contribution in [0.2, 0.25) is 0 Å². The number of halogens is 3. The molecule has 3 aromatic rings. The summed E-state index contributed by atoms with van der Waals surface area (Å²) in [6, 6.07) is 4.83. The van der Waals surface area contributed by atoms with E-state index in [9.17, 15) is 22.8 Å². The van der Waals surface area contributed by atoms with Gasteiger partial charge in [0.05, 0.1) is 5.69 Å². The van der Waals surface area contributed by atoms with E-state index in [1.54, 1.807) is 6.07 Å². The predicted molar refractivity (Wildman–Crippen MR) is 83.5 cm³/mol. The highest BCUT2D eigenvalue weighted by Crippen LogP contribution is 2.26. The molecule has 0 aliphatic rings. The molecule has 1 amide bonds. The SMILES string of the molecule is O=C(Cn1cccc(C(F)(F)F)c1=O)Nc1cccnc1-n1cncn1. The fourth-order valence-corrected chi connectivity index (χ4v) is 2.22. The number of amides is 1. The lowest BCUT2D eigenvalue weighted by Gasteiger charge is -2.12. The summed E-state index contributed by atoms with van der Waals surface area (Å²) >= 11 is 0. The molecule has 0 aliphatic heterocycles. The number of anilines is 1. The highest BCUT2D eigenvalue weighted by molar-refractivity contribution is 5.92. The van der Waals surface area contributed by atoms with Gasteiger partial charge in [0, 0.05) is 12.4 Å². The van der Waals surface area contributed by atoms with Crippen LogP contribution in [-0.2, 0) is 17.5 Å². The Bertz CT molecular complexity index is 982. The largest absolute Gasteiger partial charge is 0.421 e. The third kappa shape index (κ3) is 3.61. The van der Waals surface area contributed by atoms with E-state index >= 15 is 0 Å². The van der Waals surface area contributed by atoms with E-state index < -0.39 is 29.8 Å². The quantitative estimate of drug-likeness (QED) is 0.757. The average Bonchev–Trinajstić information content (AvgIpc) is 3.10. The Kier molecular flexibility index (Phi) is 4.52. The Balaban J connectivity index is 1.83. The zero-order valence-corrected chi connectivity index (χ0v) is 13.0. The highest BCUT2D eigenvalue weighted by Gasteiger charge is 2.34. The van der Waals surface area contributed by atoms with Gasteiger partial charge < -0.3 is 9.88 Å². The normalized spacial score (nSPS) is 11.3. The fourth-order valence-electron chi connectivity index (χ4n) is 2.22. The molecule has 3 aromatic heterocycles. The maximum Gasteiger partial charge on any atom is 0.421 e. The molecule has 11 heteroatoms. The third-order valence-electron chi connectivity index (χ3n) is 3.34. The number of hydrogen-bond donors (Lipinski definition) is 1. The average molecular weight is 364 g/mol. The zero-order chi connectivity index (χ0) is 18.7. The van der Waals surface area contributed by atoms with Crippen molar-refractivity contribution >= 4 is 11.6 Å². The van der Waals surface area contributed by atoms with E-state index in [1.807, 2.05) is 0 Å². The lowest BCUT2D eigenvalue weighted by Crippen LogP contribution is -2.32. The van der Waals surface area contributed by atoms with Crippen LogP contribution >= 0.6 is 0 Å². The zero-order valence-electron chi connectivity index (χ0n) is 13.0. The first kappa shape index (κ1) is 17.3. The molecule has 26 heavy (non-hydrogen) atoms. The smallest absolute Gasteiger partial charge is 0.321 e. The van der Waals surface area contributed by atoms with Crippen molar-refractivity contribution in [3.8, 4) is 5.82 Å². The molecule has 0 fully saturated rings. The van der Waals surface area contributed by atoms with E-state index in [2.05, 4.69) is 20.4 Å². The van der Waals surface area contributed by atoms with Gasteiger partial charge in [-0.25, -0.2) is 14.6 Å². The van der Waals surface area contributed by atoms with Gasteiger partial charge in [0.1, 0.15) is 24.8 Å². The van der Waals surface area contributed by atoms with E-state index in [4.69, 9.17) is 0 Å².